The molecule has 0 saturated heterocycles. The van der Waals surface area contributed by atoms with Crippen LogP contribution in [0.2, 0.25) is 0 Å². The van der Waals surface area contributed by atoms with Crippen molar-refractivity contribution in [2.75, 3.05) is 5.73 Å². The summed E-state index contributed by atoms with van der Waals surface area (Å²) in [5, 5.41) is 0. The van der Waals surface area contributed by atoms with Gasteiger partial charge >= 0.3 is 0 Å². The molecule has 0 amide bonds. The van der Waals surface area contributed by atoms with Crippen molar-refractivity contribution in [3.05, 3.63) is 57.8 Å². The summed E-state index contributed by atoms with van der Waals surface area (Å²) in [4.78, 5) is 0. The molecule has 0 aliphatic carbocycles. The normalized spacial score (nSPS) is 10.4. The lowest BCUT2D eigenvalue weighted by molar-refractivity contribution is 0.289. The predicted molar refractivity (Wildman–Crippen MR) is 74.0 cm³/mol. The number of aryl methyl sites for hydroxylation is 1. The van der Waals surface area contributed by atoms with Gasteiger partial charge in [-0.1, -0.05) is 28.1 Å². The summed E-state index contributed by atoms with van der Waals surface area (Å²) in [6, 6.07) is 10.6. The van der Waals surface area contributed by atoms with Crippen molar-refractivity contribution < 1.29 is 9.13 Å². The third kappa shape index (κ3) is 3.01. The molecule has 0 aliphatic heterocycles. The Kier molecular flexibility index (Phi) is 3.87. The number of rotatable bonds is 3. The van der Waals surface area contributed by atoms with Gasteiger partial charge in [0.05, 0.1) is 0 Å². The Hall–Kier alpha value is -1.55. The number of hydrogen-bond donors (Lipinski definition) is 1. The van der Waals surface area contributed by atoms with Crippen LogP contribution in [0.3, 0.4) is 0 Å². The van der Waals surface area contributed by atoms with E-state index in [0.717, 1.165) is 10.0 Å². The monoisotopic (exact) mass is 309 g/mol. The Morgan fingerprint density at radius 3 is 2.78 bits per heavy atom. The molecule has 0 fully saturated rings. The highest BCUT2D eigenvalue weighted by Crippen LogP contribution is 2.22. The van der Waals surface area contributed by atoms with Crippen molar-refractivity contribution in [1.82, 2.24) is 0 Å². The number of halogens is 2. The summed E-state index contributed by atoms with van der Waals surface area (Å²) in [7, 11) is 0. The molecular weight excluding hydrogens is 297 g/mol. The third-order valence-electron chi connectivity index (χ3n) is 2.53. The van der Waals surface area contributed by atoms with E-state index in [1.807, 2.05) is 6.07 Å². The number of nitrogen functional groups attached to an aromatic ring is 1. The second-order valence-corrected chi connectivity index (χ2v) is 4.98. The molecule has 0 saturated carbocycles. The fraction of sp³-hybridized carbons (Fsp3) is 0.143. The van der Waals surface area contributed by atoms with E-state index in [1.165, 1.54) is 0 Å². The average Bonchev–Trinajstić information content (AvgIpc) is 2.30. The van der Waals surface area contributed by atoms with E-state index >= 15 is 0 Å². The lowest BCUT2D eigenvalue weighted by atomic mass is 10.2. The van der Waals surface area contributed by atoms with Gasteiger partial charge in [-0.25, -0.2) is 4.39 Å². The highest BCUT2D eigenvalue weighted by Gasteiger charge is 2.06. The molecule has 94 valence electrons. The quantitative estimate of drug-likeness (QED) is 0.868. The Labute approximate surface area is 114 Å². The lowest BCUT2D eigenvalue weighted by Crippen LogP contribution is -1.99. The fourth-order valence-corrected chi connectivity index (χ4v) is 2.21. The molecule has 0 heterocycles. The zero-order valence-corrected chi connectivity index (χ0v) is 11.5. The van der Waals surface area contributed by atoms with Crippen molar-refractivity contribution >= 4 is 21.6 Å². The SMILES string of the molecule is Cc1cccc(OCc2cc(N)cc(Br)c2)c1F. The molecule has 0 bridgehead atoms. The van der Waals surface area contributed by atoms with Gasteiger partial charge in [0.1, 0.15) is 6.61 Å². The van der Waals surface area contributed by atoms with Gasteiger partial charge in [-0.05, 0) is 42.3 Å². The zero-order chi connectivity index (χ0) is 13.1. The Balaban J connectivity index is 2.14. The minimum absolute atomic E-state index is 0.258. The summed E-state index contributed by atoms with van der Waals surface area (Å²) in [6.07, 6.45) is 0. The Bertz CT molecular complexity index is 551. The molecule has 2 aromatic rings. The molecule has 2 N–H and O–H groups in total. The van der Waals surface area contributed by atoms with Gasteiger partial charge in [-0.15, -0.1) is 0 Å². The fourth-order valence-electron chi connectivity index (χ4n) is 1.65. The van der Waals surface area contributed by atoms with Gasteiger partial charge in [0, 0.05) is 10.2 Å². The van der Waals surface area contributed by atoms with Gasteiger partial charge in [0.15, 0.2) is 11.6 Å². The van der Waals surface area contributed by atoms with E-state index in [0.29, 0.717) is 11.3 Å². The van der Waals surface area contributed by atoms with Crippen LogP contribution in [0, 0.1) is 12.7 Å². The maximum Gasteiger partial charge on any atom is 0.167 e. The minimum atomic E-state index is -0.319. The van der Waals surface area contributed by atoms with Crippen LogP contribution >= 0.6 is 15.9 Å². The number of nitrogens with two attached hydrogens (primary N) is 1. The van der Waals surface area contributed by atoms with Gasteiger partial charge in [0.2, 0.25) is 0 Å². The number of benzene rings is 2. The second kappa shape index (κ2) is 5.40. The Morgan fingerprint density at radius 2 is 2.06 bits per heavy atom. The molecule has 2 nitrogen and oxygen atoms in total. The maximum atomic E-state index is 13.7. The smallest absolute Gasteiger partial charge is 0.167 e. The maximum absolute atomic E-state index is 13.7. The van der Waals surface area contributed by atoms with Gasteiger partial charge in [-0.2, -0.15) is 0 Å². The highest BCUT2D eigenvalue weighted by molar-refractivity contribution is 9.10. The topological polar surface area (TPSA) is 35.2 Å². The summed E-state index contributed by atoms with van der Waals surface area (Å²) in [6.45, 7) is 1.99. The molecule has 0 spiro atoms. The molecule has 2 rings (SSSR count). The summed E-state index contributed by atoms with van der Waals surface area (Å²) in [5.41, 5.74) is 7.83. The molecular formula is C14H13BrFNO. The van der Waals surface area contributed by atoms with Gasteiger partial charge < -0.3 is 10.5 Å². The first kappa shape index (κ1) is 12.9. The summed E-state index contributed by atoms with van der Waals surface area (Å²) in [5.74, 6) is -0.0611. The molecule has 0 aliphatic rings. The minimum Gasteiger partial charge on any atom is -0.486 e. The number of hydrogen-bond acceptors (Lipinski definition) is 2. The summed E-state index contributed by atoms with van der Waals surface area (Å²) >= 11 is 3.36. The van der Waals surface area contributed by atoms with Crippen molar-refractivity contribution in [3.8, 4) is 5.75 Å². The standard InChI is InChI=1S/C14H13BrFNO/c1-9-3-2-4-13(14(9)16)18-8-10-5-11(15)7-12(17)6-10/h2-7H,8,17H2,1H3. The van der Waals surface area contributed by atoms with Crippen LogP contribution in [0.5, 0.6) is 5.75 Å². The molecule has 4 heteroatoms. The van der Waals surface area contributed by atoms with Crippen molar-refractivity contribution in [2.45, 2.75) is 13.5 Å². The molecule has 0 atom stereocenters. The van der Waals surface area contributed by atoms with E-state index in [-0.39, 0.29) is 18.2 Å². The number of ether oxygens (including phenoxy) is 1. The van der Waals surface area contributed by atoms with E-state index in [1.54, 1.807) is 37.3 Å². The average molecular weight is 310 g/mol. The van der Waals surface area contributed by atoms with Crippen LogP contribution < -0.4 is 10.5 Å². The highest BCUT2D eigenvalue weighted by atomic mass is 79.9. The van der Waals surface area contributed by atoms with Crippen LogP contribution in [0.15, 0.2) is 40.9 Å². The number of anilines is 1. The third-order valence-corrected chi connectivity index (χ3v) is 2.99. The van der Waals surface area contributed by atoms with E-state index in [2.05, 4.69) is 15.9 Å². The van der Waals surface area contributed by atoms with Crippen molar-refractivity contribution in [1.29, 1.82) is 0 Å². The largest absolute Gasteiger partial charge is 0.486 e. The van der Waals surface area contributed by atoms with Gasteiger partial charge in [0.25, 0.3) is 0 Å². The molecule has 2 aromatic carbocycles. The summed E-state index contributed by atoms with van der Waals surface area (Å²) < 4.78 is 20.0. The van der Waals surface area contributed by atoms with Crippen molar-refractivity contribution in [2.24, 2.45) is 0 Å². The van der Waals surface area contributed by atoms with Crippen molar-refractivity contribution in [3.63, 3.8) is 0 Å². The predicted octanol–water partition coefficient (Wildman–Crippen LogP) is 4.06. The zero-order valence-electron chi connectivity index (χ0n) is 9.91. The molecule has 18 heavy (non-hydrogen) atoms. The molecule has 0 radical (unpaired) electrons. The molecule has 0 unspecified atom stereocenters. The lowest BCUT2D eigenvalue weighted by Gasteiger charge is -2.09. The molecule has 0 aromatic heterocycles. The second-order valence-electron chi connectivity index (χ2n) is 4.07. The first-order valence-corrected chi connectivity index (χ1v) is 6.28. The Morgan fingerprint density at radius 1 is 1.28 bits per heavy atom. The van der Waals surface area contributed by atoms with E-state index < -0.39 is 0 Å². The van der Waals surface area contributed by atoms with E-state index in [9.17, 15) is 4.39 Å². The van der Waals surface area contributed by atoms with Crippen LogP contribution in [0.25, 0.3) is 0 Å². The van der Waals surface area contributed by atoms with E-state index in [4.69, 9.17) is 10.5 Å². The van der Waals surface area contributed by atoms with Gasteiger partial charge in [-0.3, -0.25) is 0 Å². The van der Waals surface area contributed by atoms with Crippen LogP contribution in [0.4, 0.5) is 10.1 Å². The van der Waals surface area contributed by atoms with Crippen LogP contribution in [-0.4, -0.2) is 0 Å². The first-order valence-electron chi connectivity index (χ1n) is 5.49. The van der Waals surface area contributed by atoms with Crippen LogP contribution in [0.1, 0.15) is 11.1 Å². The first-order chi connectivity index (χ1) is 8.56. The van der Waals surface area contributed by atoms with Crippen LogP contribution in [-0.2, 0) is 6.61 Å².